The van der Waals surface area contributed by atoms with Crippen LogP contribution in [0.15, 0.2) is 8.68 Å². The lowest BCUT2D eigenvalue weighted by Gasteiger charge is -2.13. The fourth-order valence-electron chi connectivity index (χ4n) is 1.05. The molecule has 1 N–H and O–H groups in total. The van der Waals surface area contributed by atoms with Crippen LogP contribution < -0.4 is 5.32 Å². The van der Waals surface area contributed by atoms with Crippen molar-refractivity contribution in [2.24, 2.45) is 5.92 Å². The molecule has 6 heteroatoms. The molecule has 0 aromatic carbocycles. The monoisotopic (exact) mass is 277 g/mol. The van der Waals surface area contributed by atoms with Gasteiger partial charge >= 0.3 is 0 Å². The third kappa shape index (κ3) is 5.52. The van der Waals surface area contributed by atoms with Crippen molar-refractivity contribution in [2.45, 2.75) is 35.5 Å². The molecule has 0 aliphatic rings. The van der Waals surface area contributed by atoms with Crippen molar-refractivity contribution >= 4 is 34.9 Å². The summed E-state index contributed by atoms with van der Waals surface area (Å²) >= 11 is 5.15. The van der Waals surface area contributed by atoms with E-state index in [9.17, 15) is 0 Å². The maximum absolute atomic E-state index is 4.14. The first kappa shape index (κ1) is 14.3. The number of thioether (sulfide) groups is 2. The molecule has 0 fully saturated rings. The summed E-state index contributed by atoms with van der Waals surface area (Å²) in [7, 11) is 0. The second kappa shape index (κ2) is 7.53. The summed E-state index contributed by atoms with van der Waals surface area (Å²) in [5.41, 5.74) is 0. The van der Waals surface area contributed by atoms with Crippen LogP contribution in [0.3, 0.4) is 0 Å². The van der Waals surface area contributed by atoms with Gasteiger partial charge in [-0.1, -0.05) is 55.6 Å². The Morgan fingerprint density at radius 2 is 1.94 bits per heavy atom. The zero-order valence-electron chi connectivity index (χ0n) is 10.2. The lowest BCUT2D eigenvalue weighted by Crippen LogP contribution is -2.28. The third-order valence-corrected chi connectivity index (χ3v) is 5.29. The summed E-state index contributed by atoms with van der Waals surface area (Å²) in [6.45, 7) is 7.68. The van der Waals surface area contributed by atoms with E-state index in [0.717, 1.165) is 21.0 Å². The average Bonchev–Trinajstić information content (AvgIpc) is 2.71. The van der Waals surface area contributed by atoms with Gasteiger partial charge in [-0.2, -0.15) is 0 Å². The van der Waals surface area contributed by atoms with Crippen LogP contribution in [0, 0.1) is 5.92 Å². The Hall–Kier alpha value is 0.220. The quantitative estimate of drug-likeness (QED) is 0.776. The van der Waals surface area contributed by atoms with Gasteiger partial charge in [-0.3, -0.25) is 0 Å². The molecule has 1 aromatic heterocycles. The number of aromatic nitrogens is 2. The number of nitrogens with one attached hydrogen (secondary N) is 1. The highest BCUT2D eigenvalue weighted by atomic mass is 32.2. The Balaban J connectivity index is 2.23. The van der Waals surface area contributed by atoms with Gasteiger partial charge in [0.05, 0.1) is 0 Å². The maximum atomic E-state index is 4.14. The highest BCUT2D eigenvalue weighted by molar-refractivity contribution is 8.02. The Labute approximate surface area is 110 Å². The van der Waals surface area contributed by atoms with E-state index in [0.29, 0.717) is 12.0 Å². The van der Waals surface area contributed by atoms with Crippen molar-refractivity contribution < 1.29 is 0 Å². The zero-order chi connectivity index (χ0) is 12.0. The number of nitrogens with zero attached hydrogens (tertiary/aromatic N) is 2. The van der Waals surface area contributed by atoms with E-state index in [1.54, 1.807) is 23.1 Å². The topological polar surface area (TPSA) is 37.8 Å². The molecule has 1 unspecified atom stereocenters. The molecule has 0 amide bonds. The number of hydrogen-bond donors (Lipinski definition) is 1. The van der Waals surface area contributed by atoms with Crippen LogP contribution in [0.25, 0.3) is 0 Å². The molecule has 1 atom stereocenters. The summed E-state index contributed by atoms with van der Waals surface area (Å²) in [5.74, 6) is 1.76. The molecule has 0 saturated carbocycles. The van der Waals surface area contributed by atoms with Crippen molar-refractivity contribution in [1.82, 2.24) is 15.5 Å². The fourth-order valence-corrected chi connectivity index (χ4v) is 3.53. The highest BCUT2D eigenvalue weighted by Crippen LogP contribution is 2.28. The first-order valence-electron chi connectivity index (χ1n) is 5.35. The molecule has 0 aliphatic heterocycles. The standard InChI is InChI=1S/C10H19N3S3/c1-7(2)11-5-8(3)6-15-10-13-12-9(14-4)16-10/h7-8,11H,5-6H2,1-4H3. The van der Waals surface area contributed by atoms with Gasteiger partial charge in [0.1, 0.15) is 0 Å². The minimum absolute atomic E-state index is 0.567. The van der Waals surface area contributed by atoms with Gasteiger partial charge in [-0.15, -0.1) is 10.2 Å². The minimum Gasteiger partial charge on any atom is -0.314 e. The van der Waals surface area contributed by atoms with Crippen LogP contribution in [0.2, 0.25) is 0 Å². The Bertz CT molecular complexity index is 301. The second-order valence-corrected chi connectivity index (χ2v) is 7.32. The first-order valence-corrected chi connectivity index (χ1v) is 8.38. The molecule has 3 nitrogen and oxygen atoms in total. The fraction of sp³-hybridized carbons (Fsp3) is 0.800. The van der Waals surface area contributed by atoms with E-state index >= 15 is 0 Å². The third-order valence-electron chi connectivity index (χ3n) is 1.93. The molecule has 1 aromatic rings. The molecule has 0 bridgehead atoms. The molecule has 0 radical (unpaired) electrons. The van der Waals surface area contributed by atoms with Crippen molar-refractivity contribution in [1.29, 1.82) is 0 Å². The van der Waals surface area contributed by atoms with Crippen LogP contribution in [0.4, 0.5) is 0 Å². The average molecular weight is 277 g/mol. The first-order chi connectivity index (χ1) is 7.61. The van der Waals surface area contributed by atoms with Gasteiger partial charge in [-0.05, 0) is 18.7 Å². The van der Waals surface area contributed by atoms with Crippen LogP contribution in [0.5, 0.6) is 0 Å². The maximum Gasteiger partial charge on any atom is 0.175 e. The van der Waals surface area contributed by atoms with Crippen LogP contribution in [-0.4, -0.2) is 34.8 Å². The van der Waals surface area contributed by atoms with Gasteiger partial charge in [0.2, 0.25) is 0 Å². The van der Waals surface area contributed by atoms with Gasteiger partial charge in [0.15, 0.2) is 8.68 Å². The largest absolute Gasteiger partial charge is 0.314 e. The smallest absolute Gasteiger partial charge is 0.175 e. The van der Waals surface area contributed by atoms with Crippen molar-refractivity contribution in [3.05, 3.63) is 0 Å². The summed E-state index contributed by atoms with van der Waals surface area (Å²) in [5, 5.41) is 11.7. The summed E-state index contributed by atoms with van der Waals surface area (Å²) in [6, 6.07) is 0.567. The lowest BCUT2D eigenvalue weighted by atomic mass is 10.2. The van der Waals surface area contributed by atoms with E-state index in [1.165, 1.54) is 0 Å². The zero-order valence-corrected chi connectivity index (χ0v) is 12.6. The predicted octanol–water partition coefficient (Wildman–Crippen LogP) is 2.99. The van der Waals surface area contributed by atoms with Gasteiger partial charge < -0.3 is 5.32 Å². The Morgan fingerprint density at radius 3 is 2.50 bits per heavy atom. The lowest BCUT2D eigenvalue weighted by molar-refractivity contribution is 0.510. The molecule has 0 aliphatic carbocycles. The van der Waals surface area contributed by atoms with E-state index in [4.69, 9.17) is 0 Å². The van der Waals surface area contributed by atoms with E-state index in [2.05, 4.69) is 36.3 Å². The summed E-state index contributed by atoms with van der Waals surface area (Å²) < 4.78 is 2.14. The highest BCUT2D eigenvalue weighted by Gasteiger charge is 2.07. The Kier molecular flexibility index (Phi) is 6.72. The second-order valence-electron chi connectivity index (χ2n) is 4.02. The molecular weight excluding hydrogens is 258 g/mol. The molecule has 16 heavy (non-hydrogen) atoms. The predicted molar refractivity (Wildman–Crippen MR) is 74.7 cm³/mol. The van der Waals surface area contributed by atoms with Crippen LogP contribution in [0.1, 0.15) is 20.8 Å². The Morgan fingerprint density at radius 1 is 1.25 bits per heavy atom. The summed E-state index contributed by atoms with van der Waals surface area (Å²) in [6.07, 6.45) is 2.03. The molecular formula is C10H19N3S3. The molecule has 0 saturated heterocycles. The van der Waals surface area contributed by atoms with E-state index < -0.39 is 0 Å². The number of hydrogen-bond acceptors (Lipinski definition) is 6. The van der Waals surface area contributed by atoms with E-state index in [1.807, 2.05) is 18.0 Å². The van der Waals surface area contributed by atoms with Crippen LogP contribution >= 0.6 is 34.9 Å². The van der Waals surface area contributed by atoms with Crippen molar-refractivity contribution in [2.75, 3.05) is 18.6 Å². The summed E-state index contributed by atoms with van der Waals surface area (Å²) in [4.78, 5) is 0. The molecule has 1 heterocycles. The molecule has 92 valence electrons. The minimum atomic E-state index is 0.567. The van der Waals surface area contributed by atoms with Crippen molar-refractivity contribution in [3.63, 3.8) is 0 Å². The van der Waals surface area contributed by atoms with Gasteiger partial charge in [-0.25, -0.2) is 0 Å². The molecule has 1 rings (SSSR count). The normalized spacial score (nSPS) is 13.3. The van der Waals surface area contributed by atoms with E-state index in [-0.39, 0.29) is 0 Å². The number of rotatable bonds is 7. The van der Waals surface area contributed by atoms with Gasteiger partial charge in [0, 0.05) is 11.8 Å². The van der Waals surface area contributed by atoms with Crippen LogP contribution in [-0.2, 0) is 0 Å². The van der Waals surface area contributed by atoms with Gasteiger partial charge in [0.25, 0.3) is 0 Å². The molecule has 0 spiro atoms. The SMILES string of the molecule is CSc1nnc(SCC(C)CNC(C)C)s1. The van der Waals surface area contributed by atoms with Crippen molar-refractivity contribution in [3.8, 4) is 0 Å².